The van der Waals surface area contributed by atoms with Crippen LogP contribution in [0.2, 0.25) is 0 Å². The number of carbonyl (C=O) groups is 5. The fraction of sp³-hybridized carbons (Fsp3) is 0.884. The molecular formula is C43H80N2O9. The first-order chi connectivity index (χ1) is 26.0. The monoisotopic (exact) mass is 769 g/mol. The number of amides is 2. The Bertz CT molecular complexity index is 975. The number of hydrogen-bond donors (Lipinski definition) is 5. The zero-order valence-corrected chi connectivity index (χ0v) is 34.5. The molecule has 0 aromatic rings. The van der Waals surface area contributed by atoms with Gasteiger partial charge in [0.1, 0.15) is 18.2 Å². The van der Waals surface area contributed by atoms with Crippen molar-refractivity contribution in [2.75, 3.05) is 0 Å². The minimum atomic E-state index is -1.50. The third kappa shape index (κ3) is 31.6. The molecule has 11 heteroatoms. The van der Waals surface area contributed by atoms with E-state index in [1.165, 1.54) is 122 Å². The van der Waals surface area contributed by atoms with E-state index in [4.69, 9.17) is 9.84 Å². The Hall–Kier alpha value is -2.69. The third-order valence-corrected chi connectivity index (χ3v) is 10.2. The summed E-state index contributed by atoms with van der Waals surface area (Å²) in [6.07, 6.45) is 29.0. The number of carboxylic acid groups (broad SMARTS) is 2. The second-order valence-electron chi connectivity index (χ2n) is 15.5. The van der Waals surface area contributed by atoms with E-state index in [0.29, 0.717) is 6.42 Å². The average Bonchev–Trinajstić information content (AvgIpc) is 3.12. The summed E-state index contributed by atoms with van der Waals surface area (Å²) in [6, 6.07) is -2.97. The van der Waals surface area contributed by atoms with Gasteiger partial charge in [-0.15, -0.1) is 0 Å². The minimum absolute atomic E-state index is 0.194. The van der Waals surface area contributed by atoms with E-state index in [9.17, 15) is 34.2 Å². The van der Waals surface area contributed by atoms with E-state index < -0.39 is 54.5 Å². The van der Waals surface area contributed by atoms with E-state index in [2.05, 4.69) is 24.5 Å². The molecule has 0 aliphatic rings. The summed E-state index contributed by atoms with van der Waals surface area (Å²) in [5.41, 5.74) is 0. The lowest BCUT2D eigenvalue weighted by Crippen LogP contribution is -2.56. The number of unbranched alkanes of at least 4 members (excludes halogenated alkanes) is 24. The Morgan fingerprint density at radius 2 is 0.944 bits per heavy atom. The summed E-state index contributed by atoms with van der Waals surface area (Å²) >= 11 is 0. The average molecular weight is 769 g/mol. The van der Waals surface area contributed by atoms with Crippen molar-refractivity contribution in [1.82, 2.24) is 10.6 Å². The number of hydrogen-bond acceptors (Lipinski definition) is 7. The van der Waals surface area contributed by atoms with Crippen LogP contribution in [0.15, 0.2) is 0 Å². The first-order valence-electron chi connectivity index (χ1n) is 21.9. The SMILES string of the molecule is CCCCCCCCCCCCCCCC(=O)OC(CCCCCCCCCCCCCCC)CC(=O)N[C@H](C(=O)N[C@@H](CCC(=O)O)C(=O)O)[C@@H](C)O. The van der Waals surface area contributed by atoms with Gasteiger partial charge in [0.15, 0.2) is 0 Å². The number of carbonyl (C=O) groups excluding carboxylic acids is 3. The third-order valence-electron chi connectivity index (χ3n) is 10.2. The first kappa shape index (κ1) is 51.3. The van der Waals surface area contributed by atoms with Crippen molar-refractivity contribution in [2.45, 2.75) is 244 Å². The van der Waals surface area contributed by atoms with Gasteiger partial charge in [0, 0.05) is 12.8 Å². The molecule has 316 valence electrons. The lowest BCUT2D eigenvalue weighted by atomic mass is 10.0. The van der Waals surface area contributed by atoms with Crippen LogP contribution in [-0.2, 0) is 28.7 Å². The largest absolute Gasteiger partial charge is 0.481 e. The predicted octanol–water partition coefficient (Wildman–Crippen LogP) is 9.55. The van der Waals surface area contributed by atoms with Gasteiger partial charge >= 0.3 is 17.9 Å². The Labute approximate surface area is 327 Å². The molecular weight excluding hydrogens is 688 g/mol. The number of aliphatic carboxylic acids is 2. The molecule has 2 amide bonds. The normalized spacial score (nSPS) is 13.5. The Kier molecular flexibility index (Phi) is 34.2. The first-order valence-corrected chi connectivity index (χ1v) is 21.9. The van der Waals surface area contributed by atoms with Crippen molar-refractivity contribution in [2.24, 2.45) is 0 Å². The van der Waals surface area contributed by atoms with Crippen LogP contribution in [0, 0.1) is 0 Å². The van der Waals surface area contributed by atoms with Crippen LogP contribution < -0.4 is 10.6 Å². The molecule has 0 radical (unpaired) electrons. The van der Waals surface area contributed by atoms with Gasteiger partial charge in [-0.25, -0.2) is 4.79 Å². The fourth-order valence-corrected chi connectivity index (χ4v) is 6.76. The quantitative estimate of drug-likeness (QED) is 0.0301. The number of aliphatic hydroxyl groups excluding tert-OH is 1. The van der Waals surface area contributed by atoms with Crippen LogP contribution >= 0.6 is 0 Å². The summed E-state index contributed by atoms with van der Waals surface area (Å²) in [4.78, 5) is 61.3. The van der Waals surface area contributed by atoms with E-state index in [-0.39, 0.29) is 25.2 Å². The van der Waals surface area contributed by atoms with Crippen molar-refractivity contribution >= 4 is 29.7 Å². The molecule has 4 atom stereocenters. The number of aliphatic hydroxyl groups is 1. The van der Waals surface area contributed by atoms with E-state index in [1.54, 1.807) is 0 Å². The maximum atomic E-state index is 13.1. The molecule has 0 saturated heterocycles. The standard InChI is InChI=1S/C43H80N2O9/c1-4-6-8-10-12-14-16-18-20-22-24-26-28-30-36(54-40(50)31-29-27-25-23-21-19-17-15-13-11-9-7-5-2)34-38(47)45-41(35(3)46)42(51)44-37(43(52)53)32-33-39(48)49/h35-37,41,46H,4-34H2,1-3H3,(H,44,51)(H,45,47)(H,48,49)(H,52,53)/t35-,36?,37+,41+/m1/s1. The van der Waals surface area contributed by atoms with E-state index in [0.717, 1.165) is 51.4 Å². The molecule has 0 saturated carbocycles. The van der Waals surface area contributed by atoms with E-state index >= 15 is 0 Å². The van der Waals surface area contributed by atoms with Crippen molar-refractivity contribution < 1.29 is 44.0 Å². The summed E-state index contributed by atoms with van der Waals surface area (Å²) in [7, 11) is 0. The zero-order chi connectivity index (χ0) is 40.2. The molecule has 11 nitrogen and oxygen atoms in total. The summed E-state index contributed by atoms with van der Waals surface area (Å²) in [6.45, 7) is 5.77. The van der Waals surface area contributed by atoms with Crippen LogP contribution in [0.5, 0.6) is 0 Å². The highest BCUT2D eigenvalue weighted by molar-refractivity contribution is 5.91. The fourth-order valence-electron chi connectivity index (χ4n) is 6.76. The molecule has 0 heterocycles. The Balaban J connectivity index is 4.86. The summed E-state index contributed by atoms with van der Waals surface area (Å²) < 4.78 is 5.79. The molecule has 0 aromatic carbocycles. The van der Waals surface area contributed by atoms with Crippen molar-refractivity contribution in [1.29, 1.82) is 0 Å². The van der Waals surface area contributed by atoms with E-state index in [1.807, 2.05) is 0 Å². The molecule has 5 N–H and O–H groups in total. The maximum Gasteiger partial charge on any atom is 0.326 e. The number of nitrogens with one attached hydrogen (secondary N) is 2. The van der Waals surface area contributed by atoms with Crippen molar-refractivity contribution in [3.63, 3.8) is 0 Å². The molecule has 0 aliphatic carbocycles. The Morgan fingerprint density at radius 1 is 0.537 bits per heavy atom. The van der Waals surface area contributed by atoms with Crippen LogP contribution in [-0.4, -0.2) is 69.3 Å². The number of esters is 1. The number of rotatable bonds is 39. The van der Waals surface area contributed by atoms with Gasteiger partial charge in [0.05, 0.1) is 12.5 Å². The second kappa shape index (κ2) is 36.0. The van der Waals surface area contributed by atoms with Gasteiger partial charge < -0.3 is 30.7 Å². The van der Waals surface area contributed by atoms with Crippen LogP contribution in [0.3, 0.4) is 0 Å². The van der Waals surface area contributed by atoms with Gasteiger partial charge in [-0.05, 0) is 32.6 Å². The topological polar surface area (TPSA) is 179 Å². The maximum absolute atomic E-state index is 13.1. The molecule has 1 unspecified atom stereocenters. The highest BCUT2D eigenvalue weighted by Gasteiger charge is 2.31. The van der Waals surface area contributed by atoms with Crippen molar-refractivity contribution in [3.8, 4) is 0 Å². The molecule has 0 aliphatic heterocycles. The van der Waals surface area contributed by atoms with Gasteiger partial charge in [0.2, 0.25) is 11.8 Å². The van der Waals surface area contributed by atoms with Crippen LogP contribution in [0.1, 0.15) is 220 Å². The van der Waals surface area contributed by atoms with Gasteiger partial charge in [0.25, 0.3) is 0 Å². The van der Waals surface area contributed by atoms with Crippen LogP contribution in [0.4, 0.5) is 0 Å². The second-order valence-corrected chi connectivity index (χ2v) is 15.5. The molecule has 0 aromatic heterocycles. The highest BCUT2D eigenvalue weighted by atomic mass is 16.5. The number of ether oxygens (including phenoxy) is 1. The van der Waals surface area contributed by atoms with Gasteiger partial charge in [-0.1, -0.05) is 168 Å². The molecule has 0 bridgehead atoms. The lowest BCUT2D eigenvalue weighted by molar-refractivity contribution is -0.151. The lowest BCUT2D eigenvalue weighted by Gasteiger charge is -2.24. The van der Waals surface area contributed by atoms with Gasteiger partial charge in [-0.2, -0.15) is 0 Å². The number of carboxylic acids is 2. The molecule has 0 rings (SSSR count). The van der Waals surface area contributed by atoms with Crippen LogP contribution in [0.25, 0.3) is 0 Å². The highest BCUT2D eigenvalue weighted by Crippen LogP contribution is 2.18. The molecule has 54 heavy (non-hydrogen) atoms. The molecule has 0 fully saturated rings. The summed E-state index contributed by atoms with van der Waals surface area (Å²) in [5, 5.41) is 33.3. The zero-order valence-electron chi connectivity index (χ0n) is 34.5. The van der Waals surface area contributed by atoms with Crippen molar-refractivity contribution in [3.05, 3.63) is 0 Å². The Morgan fingerprint density at radius 3 is 1.33 bits per heavy atom. The smallest absolute Gasteiger partial charge is 0.326 e. The predicted molar refractivity (Wildman–Crippen MR) is 215 cm³/mol. The summed E-state index contributed by atoms with van der Waals surface area (Å²) in [5.74, 6) is -4.54. The molecule has 0 spiro atoms. The minimum Gasteiger partial charge on any atom is -0.481 e. The van der Waals surface area contributed by atoms with Gasteiger partial charge in [-0.3, -0.25) is 19.2 Å².